The largest absolute Gasteiger partial charge is 0.359 e. The number of amides is 1. The van der Waals surface area contributed by atoms with E-state index < -0.39 is 0 Å². The smallest absolute Gasteiger partial charge is 0.229 e. The van der Waals surface area contributed by atoms with Crippen LogP contribution in [0.4, 0.5) is 0 Å². The minimum absolute atomic E-state index is 0.0456. The molecule has 1 amide bonds. The molecule has 1 fully saturated rings. The standard InChI is InChI=1S/C21H22N4O2/c1-25(14-17-12-19(24-27-17)15-8-4-2-5-9-15)21(26)18-13-22-23-20(18)16-10-6-3-7-11-16/h2-12,18,20,22-23H,13-14H2,1H3. The summed E-state index contributed by atoms with van der Waals surface area (Å²) in [5, 5.41) is 4.12. The molecule has 2 heterocycles. The quantitative estimate of drug-likeness (QED) is 0.730. The lowest BCUT2D eigenvalue weighted by molar-refractivity contribution is -0.134. The number of carbonyl (C=O) groups excluding carboxylic acids is 1. The number of nitrogens with one attached hydrogen (secondary N) is 2. The zero-order valence-corrected chi connectivity index (χ0v) is 15.1. The number of hydrazine groups is 1. The molecule has 1 aliphatic heterocycles. The molecule has 2 unspecified atom stereocenters. The first kappa shape index (κ1) is 17.5. The van der Waals surface area contributed by atoms with Gasteiger partial charge in [0.25, 0.3) is 0 Å². The molecule has 1 aromatic heterocycles. The molecule has 0 saturated carbocycles. The number of aromatic nitrogens is 1. The van der Waals surface area contributed by atoms with Gasteiger partial charge in [-0.2, -0.15) is 0 Å². The van der Waals surface area contributed by atoms with Gasteiger partial charge in [0, 0.05) is 25.2 Å². The van der Waals surface area contributed by atoms with Gasteiger partial charge < -0.3 is 9.42 Å². The fraction of sp³-hybridized carbons (Fsp3) is 0.238. The normalized spacial score (nSPS) is 19.1. The molecular weight excluding hydrogens is 340 g/mol. The molecule has 6 nitrogen and oxygen atoms in total. The average Bonchev–Trinajstić information content (AvgIpc) is 3.38. The minimum atomic E-state index is -0.172. The van der Waals surface area contributed by atoms with Gasteiger partial charge in [0.05, 0.1) is 18.5 Å². The Labute approximate surface area is 158 Å². The molecule has 3 aromatic rings. The maximum Gasteiger partial charge on any atom is 0.229 e. The van der Waals surface area contributed by atoms with E-state index in [1.165, 1.54) is 0 Å². The highest BCUT2D eigenvalue weighted by atomic mass is 16.5. The monoisotopic (exact) mass is 362 g/mol. The Balaban J connectivity index is 1.44. The fourth-order valence-corrected chi connectivity index (χ4v) is 3.43. The number of carbonyl (C=O) groups is 1. The Morgan fingerprint density at radius 2 is 1.85 bits per heavy atom. The highest BCUT2D eigenvalue weighted by Gasteiger charge is 2.35. The van der Waals surface area contributed by atoms with Gasteiger partial charge in [-0.3, -0.25) is 10.2 Å². The maximum absolute atomic E-state index is 13.0. The lowest BCUT2D eigenvalue weighted by Gasteiger charge is -2.23. The molecule has 4 rings (SSSR count). The first-order valence-electron chi connectivity index (χ1n) is 9.01. The van der Waals surface area contributed by atoms with E-state index in [-0.39, 0.29) is 17.9 Å². The Hall–Kier alpha value is -2.96. The van der Waals surface area contributed by atoms with E-state index in [1.54, 1.807) is 11.9 Å². The van der Waals surface area contributed by atoms with Crippen molar-refractivity contribution in [3.63, 3.8) is 0 Å². The van der Waals surface area contributed by atoms with Crippen molar-refractivity contribution in [1.29, 1.82) is 0 Å². The first-order valence-corrected chi connectivity index (χ1v) is 9.01. The SMILES string of the molecule is CN(Cc1cc(-c2ccccc2)no1)C(=O)C1CNNC1c1ccccc1. The molecule has 6 heteroatoms. The van der Waals surface area contributed by atoms with E-state index in [4.69, 9.17) is 4.52 Å². The Morgan fingerprint density at radius 1 is 1.15 bits per heavy atom. The number of benzene rings is 2. The summed E-state index contributed by atoms with van der Waals surface area (Å²) in [5.74, 6) is 0.563. The molecule has 0 radical (unpaired) electrons. The van der Waals surface area contributed by atoms with Gasteiger partial charge in [0.15, 0.2) is 5.76 Å². The van der Waals surface area contributed by atoms with E-state index >= 15 is 0 Å². The van der Waals surface area contributed by atoms with Crippen LogP contribution in [-0.2, 0) is 11.3 Å². The Bertz CT molecular complexity index is 895. The van der Waals surface area contributed by atoms with Crippen LogP contribution in [0.25, 0.3) is 11.3 Å². The Morgan fingerprint density at radius 3 is 2.59 bits per heavy atom. The molecule has 0 aliphatic carbocycles. The number of hydrogen-bond acceptors (Lipinski definition) is 5. The summed E-state index contributed by atoms with van der Waals surface area (Å²) in [6, 6.07) is 21.7. The van der Waals surface area contributed by atoms with Crippen LogP contribution >= 0.6 is 0 Å². The predicted molar refractivity (Wildman–Crippen MR) is 102 cm³/mol. The van der Waals surface area contributed by atoms with Gasteiger partial charge in [0.1, 0.15) is 5.69 Å². The van der Waals surface area contributed by atoms with Crippen molar-refractivity contribution in [3.05, 3.63) is 78.1 Å². The highest BCUT2D eigenvalue weighted by Crippen LogP contribution is 2.27. The summed E-state index contributed by atoms with van der Waals surface area (Å²) in [6.45, 7) is 0.977. The average molecular weight is 362 g/mol. The summed E-state index contributed by atoms with van der Waals surface area (Å²) >= 11 is 0. The van der Waals surface area contributed by atoms with Crippen LogP contribution in [0.2, 0.25) is 0 Å². The summed E-state index contributed by atoms with van der Waals surface area (Å²) in [5.41, 5.74) is 9.20. The Kier molecular flexibility index (Phi) is 5.00. The van der Waals surface area contributed by atoms with Gasteiger partial charge in [0.2, 0.25) is 5.91 Å². The van der Waals surface area contributed by atoms with Crippen molar-refractivity contribution in [1.82, 2.24) is 20.9 Å². The molecule has 138 valence electrons. The van der Waals surface area contributed by atoms with Crippen LogP contribution in [0.15, 0.2) is 71.3 Å². The second-order valence-electron chi connectivity index (χ2n) is 6.76. The molecule has 1 saturated heterocycles. The van der Waals surface area contributed by atoms with E-state index in [2.05, 4.69) is 16.0 Å². The summed E-state index contributed by atoms with van der Waals surface area (Å²) in [7, 11) is 1.80. The third-order valence-corrected chi connectivity index (χ3v) is 4.86. The van der Waals surface area contributed by atoms with Crippen LogP contribution in [0, 0.1) is 5.92 Å². The summed E-state index contributed by atoms with van der Waals surface area (Å²) in [4.78, 5) is 14.7. The second-order valence-corrected chi connectivity index (χ2v) is 6.76. The third kappa shape index (κ3) is 3.77. The molecule has 27 heavy (non-hydrogen) atoms. The zero-order valence-electron chi connectivity index (χ0n) is 15.1. The molecule has 2 aromatic carbocycles. The summed E-state index contributed by atoms with van der Waals surface area (Å²) in [6.07, 6.45) is 0. The third-order valence-electron chi connectivity index (χ3n) is 4.86. The van der Waals surface area contributed by atoms with Crippen molar-refractivity contribution >= 4 is 5.91 Å². The summed E-state index contributed by atoms with van der Waals surface area (Å²) < 4.78 is 5.44. The zero-order chi connectivity index (χ0) is 18.6. The van der Waals surface area contributed by atoms with Crippen molar-refractivity contribution in [2.24, 2.45) is 5.92 Å². The van der Waals surface area contributed by atoms with E-state index in [0.717, 1.165) is 16.8 Å². The number of hydrogen-bond donors (Lipinski definition) is 2. The minimum Gasteiger partial charge on any atom is -0.359 e. The molecule has 2 N–H and O–H groups in total. The van der Waals surface area contributed by atoms with Gasteiger partial charge >= 0.3 is 0 Å². The van der Waals surface area contributed by atoms with Crippen molar-refractivity contribution in [2.45, 2.75) is 12.6 Å². The van der Waals surface area contributed by atoms with Crippen LogP contribution in [0.3, 0.4) is 0 Å². The van der Waals surface area contributed by atoms with Gasteiger partial charge in [-0.1, -0.05) is 65.8 Å². The molecule has 0 bridgehead atoms. The van der Waals surface area contributed by atoms with Crippen LogP contribution in [0.5, 0.6) is 0 Å². The molecular formula is C21H22N4O2. The molecule has 1 aliphatic rings. The van der Waals surface area contributed by atoms with E-state index in [0.29, 0.717) is 18.8 Å². The van der Waals surface area contributed by atoms with Crippen LogP contribution < -0.4 is 10.9 Å². The number of rotatable bonds is 5. The van der Waals surface area contributed by atoms with Crippen LogP contribution in [0.1, 0.15) is 17.4 Å². The lowest BCUT2D eigenvalue weighted by atomic mass is 9.94. The first-order chi connectivity index (χ1) is 13.2. The van der Waals surface area contributed by atoms with Crippen molar-refractivity contribution in [3.8, 4) is 11.3 Å². The maximum atomic E-state index is 13.0. The van der Waals surface area contributed by atoms with Gasteiger partial charge in [-0.25, -0.2) is 5.43 Å². The highest BCUT2D eigenvalue weighted by molar-refractivity contribution is 5.80. The lowest BCUT2D eigenvalue weighted by Crippen LogP contribution is -2.36. The van der Waals surface area contributed by atoms with Gasteiger partial charge in [-0.05, 0) is 5.56 Å². The van der Waals surface area contributed by atoms with Crippen molar-refractivity contribution < 1.29 is 9.32 Å². The van der Waals surface area contributed by atoms with E-state index in [1.807, 2.05) is 66.7 Å². The number of nitrogens with zero attached hydrogens (tertiary/aromatic N) is 2. The molecule has 0 spiro atoms. The van der Waals surface area contributed by atoms with Gasteiger partial charge in [-0.15, -0.1) is 0 Å². The van der Waals surface area contributed by atoms with Crippen LogP contribution in [-0.4, -0.2) is 29.6 Å². The second kappa shape index (κ2) is 7.73. The fourth-order valence-electron chi connectivity index (χ4n) is 3.43. The molecule has 2 atom stereocenters. The predicted octanol–water partition coefficient (Wildman–Crippen LogP) is 2.77. The topological polar surface area (TPSA) is 70.4 Å². The van der Waals surface area contributed by atoms with Crippen molar-refractivity contribution in [2.75, 3.05) is 13.6 Å². The van der Waals surface area contributed by atoms with E-state index in [9.17, 15) is 4.79 Å².